The van der Waals surface area contributed by atoms with Crippen LogP contribution in [0.4, 0.5) is 17.2 Å². The monoisotopic (exact) mass is 453 g/mol. The third-order valence-corrected chi connectivity index (χ3v) is 6.27. The van der Waals surface area contributed by atoms with Crippen LogP contribution in [0.1, 0.15) is 24.6 Å². The van der Waals surface area contributed by atoms with Gasteiger partial charge in [-0.3, -0.25) is 10.1 Å². The Bertz CT molecular complexity index is 1090. The number of benzene rings is 2. The Morgan fingerprint density at radius 1 is 1.00 bits per heavy atom. The van der Waals surface area contributed by atoms with Crippen molar-refractivity contribution in [3.05, 3.63) is 62.9 Å². The number of nitro benzene ring substituents is 1. The predicted molar refractivity (Wildman–Crippen MR) is 117 cm³/mol. The van der Waals surface area contributed by atoms with Crippen molar-refractivity contribution in [3.8, 4) is 0 Å². The van der Waals surface area contributed by atoms with Crippen LogP contribution in [-0.2, 0) is 0 Å². The highest BCUT2D eigenvalue weighted by molar-refractivity contribution is 9.10. The van der Waals surface area contributed by atoms with Crippen molar-refractivity contribution in [3.63, 3.8) is 0 Å². The Morgan fingerprint density at radius 3 is 2.41 bits per heavy atom. The lowest BCUT2D eigenvalue weighted by molar-refractivity contribution is -0.384. The molecule has 3 aromatic rings. The van der Waals surface area contributed by atoms with Gasteiger partial charge in [0.15, 0.2) is 0 Å². The van der Waals surface area contributed by atoms with Crippen molar-refractivity contribution in [1.82, 2.24) is 9.97 Å². The molecule has 0 atom stereocenters. The first kappa shape index (κ1) is 18.3. The molecule has 0 bridgehead atoms. The molecule has 0 amide bonds. The molecule has 0 unspecified atom stereocenters. The number of aromatic nitrogens is 2. The smallest absolute Gasteiger partial charge is 0.270 e. The number of piperazine rings is 1. The minimum atomic E-state index is -0.358. The van der Waals surface area contributed by atoms with Crippen LogP contribution in [0.2, 0.25) is 0 Å². The second-order valence-corrected chi connectivity index (χ2v) is 8.42. The molecule has 2 aliphatic rings. The summed E-state index contributed by atoms with van der Waals surface area (Å²) in [4.78, 5) is 25.1. The lowest BCUT2D eigenvalue weighted by Gasteiger charge is -2.37. The highest BCUT2D eigenvalue weighted by atomic mass is 79.9. The summed E-state index contributed by atoms with van der Waals surface area (Å²) in [5.74, 6) is 2.12. The summed E-state index contributed by atoms with van der Waals surface area (Å²) in [6.45, 7) is 3.34. The summed E-state index contributed by atoms with van der Waals surface area (Å²) in [7, 11) is 0. The van der Waals surface area contributed by atoms with Gasteiger partial charge in [0, 0.05) is 54.1 Å². The quantitative estimate of drug-likeness (QED) is 0.427. The summed E-state index contributed by atoms with van der Waals surface area (Å²) in [6, 6.07) is 13.1. The minimum Gasteiger partial charge on any atom is -0.367 e. The first-order chi connectivity index (χ1) is 14.1. The zero-order valence-electron chi connectivity index (χ0n) is 15.8. The zero-order chi connectivity index (χ0) is 20.0. The highest BCUT2D eigenvalue weighted by Gasteiger charge is 2.29. The van der Waals surface area contributed by atoms with Crippen LogP contribution in [0, 0.1) is 10.1 Å². The fourth-order valence-corrected chi connectivity index (χ4v) is 4.40. The number of non-ortho nitro benzene ring substituents is 1. The Balaban J connectivity index is 1.48. The van der Waals surface area contributed by atoms with Crippen LogP contribution in [0.5, 0.6) is 0 Å². The number of para-hydroxylation sites is 1. The molecule has 1 aliphatic heterocycles. The van der Waals surface area contributed by atoms with E-state index in [0.717, 1.165) is 66.0 Å². The normalized spacial score (nSPS) is 17.0. The van der Waals surface area contributed by atoms with E-state index in [-0.39, 0.29) is 10.6 Å². The maximum absolute atomic E-state index is 11.3. The number of fused-ring (bicyclic) bond motifs is 1. The highest BCUT2D eigenvalue weighted by Crippen LogP contribution is 2.40. The molecule has 148 valence electrons. The summed E-state index contributed by atoms with van der Waals surface area (Å²) < 4.78 is 1.09. The maximum atomic E-state index is 11.3. The molecule has 5 rings (SSSR count). The van der Waals surface area contributed by atoms with Gasteiger partial charge in [0.2, 0.25) is 0 Å². The molecule has 2 fully saturated rings. The van der Waals surface area contributed by atoms with E-state index in [2.05, 4.69) is 37.9 Å². The van der Waals surface area contributed by atoms with Crippen molar-refractivity contribution in [2.75, 3.05) is 36.0 Å². The van der Waals surface area contributed by atoms with E-state index in [0.29, 0.717) is 5.92 Å². The second kappa shape index (κ2) is 7.26. The maximum Gasteiger partial charge on any atom is 0.270 e. The van der Waals surface area contributed by atoms with Gasteiger partial charge >= 0.3 is 0 Å². The second-order valence-electron chi connectivity index (χ2n) is 7.56. The molecule has 2 heterocycles. The lowest BCUT2D eigenvalue weighted by atomic mass is 10.1. The molecule has 1 saturated carbocycles. The summed E-state index contributed by atoms with van der Waals surface area (Å²) in [6.07, 6.45) is 2.24. The molecule has 2 aromatic carbocycles. The third-order valence-electron chi connectivity index (χ3n) is 5.60. The van der Waals surface area contributed by atoms with Crippen LogP contribution in [0.25, 0.3) is 10.9 Å². The molecular formula is C21H20BrN5O2. The topological polar surface area (TPSA) is 75.4 Å². The Labute approximate surface area is 176 Å². The molecule has 29 heavy (non-hydrogen) atoms. The molecule has 1 aliphatic carbocycles. The molecule has 1 saturated heterocycles. The van der Waals surface area contributed by atoms with Gasteiger partial charge in [-0.25, -0.2) is 9.97 Å². The van der Waals surface area contributed by atoms with E-state index >= 15 is 0 Å². The SMILES string of the molecule is O=[N+]([O-])c1ccc2nc(C3CC3)nc(N3CCN(c4ccccc4Br)CC3)c2c1. The summed E-state index contributed by atoms with van der Waals surface area (Å²) >= 11 is 3.64. The van der Waals surface area contributed by atoms with Crippen LogP contribution in [0.3, 0.4) is 0 Å². The van der Waals surface area contributed by atoms with Crippen molar-refractivity contribution in [2.45, 2.75) is 18.8 Å². The Morgan fingerprint density at radius 2 is 1.72 bits per heavy atom. The number of rotatable bonds is 4. The predicted octanol–water partition coefficient (Wildman–Crippen LogP) is 4.50. The minimum absolute atomic E-state index is 0.0772. The van der Waals surface area contributed by atoms with E-state index in [4.69, 9.17) is 9.97 Å². The van der Waals surface area contributed by atoms with Gasteiger partial charge in [-0.1, -0.05) is 12.1 Å². The largest absolute Gasteiger partial charge is 0.367 e. The van der Waals surface area contributed by atoms with E-state index in [9.17, 15) is 10.1 Å². The van der Waals surface area contributed by atoms with Crippen molar-refractivity contribution in [2.24, 2.45) is 0 Å². The number of halogens is 1. The third kappa shape index (κ3) is 3.53. The van der Waals surface area contributed by atoms with Crippen molar-refractivity contribution in [1.29, 1.82) is 0 Å². The van der Waals surface area contributed by atoms with E-state index < -0.39 is 0 Å². The average Bonchev–Trinajstić information content (AvgIpc) is 3.58. The van der Waals surface area contributed by atoms with Gasteiger partial charge in [-0.15, -0.1) is 0 Å². The Kier molecular flexibility index (Phi) is 4.58. The first-order valence-electron chi connectivity index (χ1n) is 9.80. The molecular weight excluding hydrogens is 434 g/mol. The van der Waals surface area contributed by atoms with Gasteiger partial charge in [0.25, 0.3) is 5.69 Å². The van der Waals surface area contributed by atoms with Crippen LogP contribution < -0.4 is 9.80 Å². The average molecular weight is 454 g/mol. The molecule has 0 N–H and O–H groups in total. The molecule has 0 spiro atoms. The van der Waals surface area contributed by atoms with Crippen LogP contribution in [-0.4, -0.2) is 41.1 Å². The number of hydrogen-bond acceptors (Lipinski definition) is 6. The standard InChI is InChI=1S/C21H20BrN5O2/c22-17-3-1-2-4-19(17)25-9-11-26(12-10-25)21-16-13-15(27(28)29)7-8-18(16)23-20(24-21)14-5-6-14/h1-4,7-8,13-14H,5-6,9-12H2. The van der Waals surface area contributed by atoms with Crippen LogP contribution in [0.15, 0.2) is 46.9 Å². The van der Waals surface area contributed by atoms with Crippen molar-refractivity contribution >= 4 is 44.0 Å². The van der Waals surface area contributed by atoms with Gasteiger partial charge in [-0.05, 0) is 47.0 Å². The summed E-state index contributed by atoms with van der Waals surface area (Å²) in [5.41, 5.74) is 2.05. The molecule has 0 radical (unpaired) electrons. The Hall–Kier alpha value is -2.74. The number of nitrogens with zero attached hydrogens (tertiary/aromatic N) is 5. The number of nitro groups is 1. The van der Waals surface area contributed by atoms with Gasteiger partial charge in [-0.2, -0.15) is 0 Å². The van der Waals surface area contributed by atoms with Crippen LogP contribution >= 0.6 is 15.9 Å². The van der Waals surface area contributed by atoms with Gasteiger partial charge < -0.3 is 9.80 Å². The van der Waals surface area contributed by atoms with Gasteiger partial charge in [0.1, 0.15) is 11.6 Å². The summed E-state index contributed by atoms with van der Waals surface area (Å²) in [5, 5.41) is 12.1. The van der Waals surface area contributed by atoms with E-state index in [1.807, 2.05) is 12.1 Å². The fraction of sp³-hybridized carbons (Fsp3) is 0.333. The van der Waals surface area contributed by atoms with Gasteiger partial charge in [0.05, 0.1) is 16.1 Å². The first-order valence-corrected chi connectivity index (χ1v) is 10.6. The molecule has 1 aromatic heterocycles. The fourth-order valence-electron chi connectivity index (χ4n) is 3.86. The lowest BCUT2D eigenvalue weighted by Crippen LogP contribution is -2.47. The zero-order valence-corrected chi connectivity index (χ0v) is 17.4. The molecule has 7 nitrogen and oxygen atoms in total. The number of hydrogen-bond donors (Lipinski definition) is 0. The van der Waals surface area contributed by atoms with Crippen molar-refractivity contribution < 1.29 is 4.92 Å². The number of anilines is 2. The van der Waals surface area contributed by atoms with E-state index in [1.165, 1.54) is 11.8 Å². The van der Waals surface area contributed by atoms with E-state index in [1.54, 1.807) is 12.1 Å². The molecule has 8 heteroatoms.